The van der Waals surface area contributed by atoms with Crippen LogP contribution in [0, 0.1) is 0 Å². The van der Waals surface area contributed by atoms with Crippen molar-refractivity contribution in [1.29, 1.82) is 0 Å². The summed E-state index contributed by atoms with van der Waals surface area (Å²) in [5.74, 6) is -0.625. The molecule has 0 saturated heterocycles. The molecule has 0 atom stereocenters. The van der Waals surface area contributed by atoms with E-state index in [1.165, 1.54) is 48.5 Å². The number of halogens is 2. The van der Waals surface area contributed by atoms with E-state index in [4.69, 9.17) is 0 Å². The second-order valence-corrected chi connectivity index (χ2v) is 8.83. The first kappa shape index (κ1) is 23.0. The Balaban J connectivity index is 1.51. The summed E-state index contributed by atoms with van der Waals surface area (Å²) in [7, 11) is -4.09. The number of hydrogen-bond acceptors (Lipinski definition) is 5. The zero-order chi connectivity index (χ0) is 24.3. The number of amides is 1. The number of fused-ring (bicyclic) bond motifs is 1. The van der Waals surface area contributed by atoms with E-state index in [2.05, 4.69) is 24.7 Å². The summed E-state index contributed by atoms with van der Waals surface area (Å²) in [5.41, 5.74) is 0.910. The molecule has 34 heavy (non-hydrogen) atoms. The minimum Gasteiger partial charge on any atom is -0.435 e. The van der Waals surface area contributed by atoms with Gasteiger partial charge in [-0.3, -0.25) is 9.52 Å². The number of benzene rings is 3. The van der Waals surface area contributed by atoms with E-state index < -0.39 is 28.2 Å². The van der Waals surface area contributed by atoms with Gasteiger partial charge in [0.15, 0.2) is 0 Å². The van der Waals surface area contributed by atoms with Gasteiger partial charge in [0, 0.05) is 6.54 Å². The van der Waals surface area contributed by atoms with Crippen LogP contribution >= 0.6 is 0 Å². The van der Waals surface area contributed by atoms with Crippen molar-refractivity contribution in [3.63, 3.8) is 0 Å². The number of alkyl halides is 2. The number of sulfonamides is 1. The summed E-state index contributed by atoms with van der Waals surface area (Å²) in [6.45, 7) is -2.97. The predicted molar refractivity (Wildman–Crippen MR) is 120 cm³/mol. The molecule has 4 rings (SSSR count). The van der Waals surface area contributed by atoms with E-state index in [1.54, 1.807) is 18.2 Å². The van der Waals surface area contributed by atoms with Crippen molar-refractivity contribution in [2.75, 3.05) is 4.72 Å². The standard InChI is InChI=1S/C22H18F2N4O5S/c23-21(24)33-14-5-3-4-13(10-14)12-25-20(29)16-6-1-2-7-17(16)28-34(31,32)15-8-9-18-19(11-15)27-22(30)26-18/h1-11,21,28H,12H2,(H,25,29)(H2,26,27,30). The number of para-hydroxylation sites is 1. The third-order valence-corrected chi connectivity index (χ3v) is 6.15. The lowest BCUT2D eigenvalue weighted by molar-refractivity contribution is -0.0498. The number of rotatable bonds is 8. The summed E-state index contributed by atoms with van der Waals surface area (Å²) in [4.78, 5) is 29.1. The van der Waals surface area contributed by atoms with Gasteiger partial charge in [-0.05, 0) is 48.0 Å². The van der Waals surface area contributed by atoms with Gasteiger partial charge >= 0.3 is 12.3 Å². The number of H-pyrrole nitrogens is 2. The van der Waals surface area contributed by atoms with Gasteiger partial charge in [-0.15, -0.1) is 0 Å². The van der Waals surface area contributed by atoms with Gasteiger partial charge in [0.2, 0.25) is 0 Å². The van der Waals surface area contributed by atoms with Gasteiger partial charge in [0.25, 0.3) is 15.9 Å². The topological polar surface area (TPSA) is 133 Å². The number of aromatic amines is 2. The second kappa shape index (κ2) is 9.35. The summed E-state index contributed by atoms with van der Waals surface area (Å²) < 4.78 is 57.4. The number of anilines is 1. The molecule has 3 aromatic carbocycles. The fraction of sp³-hybridized carbons (Fsp3) is 0.0909. The van der Waals surface area contributed by atoms with E-state index >= 15 is 0 Å². The minimum atomic E-state index is -4.09. The Hall–Kier alpha value is -4.19. The number of imidazole rings is 1. The van der Waals surface area contributed by atoms with Crippen molar-refractivity contribution in [2.24, 2.45) is 0 Å². The zero-order valence-electron chi connectivity index (χ0n) is 17.3. The Morgan fingerprint density at radius 2 is 1.74 bits per heavy atom. The van der Waals surface area contributed by atoms with Crippen LogP contribution in [0.2, 0.25) is 0 Å². The Morgan fingerprint density at radius 1 is 0.971 bits per heavy atom. The van der Waals surface area contributed by atoms with E-state index in [0.717, 1.165) is 0 Å². The van der Waals surface area contributed by atoms with Crippen LogP contribution in [0.3, 0.4) is 0 Å². The lowest BCUT2D eigenvalue weighted by Gasteiger charge is -2.13. The van der Waals surface area contributed by atoms with Crippen molar-refractivity contribution >= 4 is 32.7 Å². The molecule has 0 radical (unpaired) electrons. The fourth-order valence-electron chi connectivity index (χ4n) is 3.26. The molecule has 1 aromatic heterocycles. The normalized spacial score (nSPS) is 11.5. The van der Waals surface area contributed by atoms with Crippen LogP contribution in [0.4, 0.5) is 14.5 Å². The summed E-state index contributed by atoms with van der Waals surface area (Å²) in [6.07, 6.45) is 0. The average Bonchev–Trinajstić information content (AvgIpc) is 3.16. The minimum absolute atomic E-state index is 0.00211. The number of aromatic nitrogens is 2. The Labute approximate surface area is 191 Å². The third-order valence-electron chi connectivity index (χ3n) is 4.79. The van der Waals surface area contributed by atoms with Crippen LogP contribution in [0.15, 0.2) is 76.4 Å². The molecule has 0 unspecified atom stereocenters. The molecule has 12 heteroatoms. The van der Waals surface area contributed by atoms with E-state index in [-0.39, 0.29) is 28.4 Å². The molecule has 1 amide bonds. The lowest BCUT2D eigenvalue weighted by Crippen LogP contribution is -2.25. The quantitative estimate of drug-likeness (QED) is 0.302. The zero-order valence-corrected chi connectivity index (χ0v) is 18.2. The monoisotopic (exact) mass is 488 g/mol. The lowest BCUT2D eigenvalue weighted by atomic mass is 10.1. The highest BCUT2D eigenvalue weighted by Gasteiger charge is 2.19. The molecule has 0 saturated carbocycles. The fourth-order valence-corrected chi connectivity index (χ4v) is 4.37. The van der Waals surface area contributed by atoms with Crippen LogP contribution in [-0.2, 0) is 16.6 Å². The van der Waals surface area contributed by atoms with Gasteiger partial charge in [-0.25, -0.2) is 13.2 Å². The number of nitrogens with one attached hydrogen (secondary N) is 4. The van der Waals surface area contributed by atoms with Crippen molar-refractivity contribution in [1.82, 2.24) is 15.3 Å². The van der Waals surface area contributed by atoms with Gasteiger partial charge < -0.3 is 20.0 Å². The molecule has 9 nitrogen and oxygen atoms in total. The summed E-state index contributed by atoms with van der Waals surface area (Å²) in [5, 5.41) is 2.63. The average molecular weight is 488 g/mol. The summed E-state index contributed by atoms with van der Waals surface area (Å²) >= 11 is 0. The SMILES string of the molecule is O=C(NCc1cccc(OC(F)F)c1)c1ccccc1NS(=O)(=O)c1ccc2[nH]c(=O)[nH]c2c1. The highest BCUT2D eigenvalue weighted by atomic mass is 32.2. The molecule has 0 aliphatic heterocycles. The molecule has 0 bridgehead atoms. The van der Waals surface area contributed by atoms with Crippen LogP contribution in [0.1, 0.15) is 15.9 Å². The summed E-state index contributed by atoms with van der Waals surface area (Å²) in [6, 6.07) is 15.9. The largest absolute Gasteiger partial charge is 0.435 e. The maximum atomic E-state index is 12.9. The van der Waals surface area contributed by atoms with Gasteiger partial charge in [-0.2, -0.15) is 8.78 Å². The molecule has 0 aliphatic carbocycles. The maximum Gasteiger partial charge on any atom is 0.387 e. The van der Waals surface area contributed by atoms with Crippen LogP contribution < -0.4 is 20.5 Å². The number of carbonyl (C=O) groups excluding carboxylic acids is 1. The molecule has 4 aromatic rings. The first-order valence-corrected chi connectivity index (χ1v) is 11.4. The van der Waals surface area contributed by atoms with Gasteiger partial charge in [0.05, 0.1) is 27.2 Å². The van der Waals surface area contributed by atoms with Crippen molar-refractivity contribution in [2.45, 2.75) is 18.1 Å². The predicted octanol–water partition coefficient (Wildman–Crippen LogP) is 3.19. The van der Waals surface area contributed by atoms with Crippen LogP contribution in [0.5, 0.6) is 5.75 Å². The maximum absolute atomic E-state index is 12.9. The van der Waals surface area contributed by atoms with Crippen LogP contribution in [-0.4, -0.2) is 30.9 Å². The van der Waals surface area contributed by atoms with Gasteiger partial charge in [0.1, 0.15) is 5.75 Å². The van der Waals surface area contributed by atoms with E-state index in [9.17, 15) is 26.8 Å². The number of hydrogen-bond donors (Lipinski definition) is 4. The van der Waals surface area contributed by atoms with E-state index in [0.29, 0.717) is 16.6 Å². The van der Waals surface area contributed by atoms with Crippen molar-refractivity contribution < 1.29 is 26.7 Å². The van der Waals surface area contributed by atoms with Crippen molar-refractivity contribution in [3.05, 3.63) is 88.3 Å². The molecule has 1 heterocycles. The van der Waals surface area contributed by atoms with E-state index in [1.807, 2.05) is 0 Å². The first-order valence-electron chi connectivity index (χ1n) is 9.87. The number of ether oxygens (including phenoxy) is 1. The molecule has 0 spiro atoms. The highest BCUT2D eigenvalue weighted by molar-refractivity contribution is 7.92. The molecule has 0 aliphatic rings. The molecular weight excluding hydrogens is 470 g/mol. The second-order valence-electron chi connectivity index (χ2n) is 7.15. The number of carbonyl (C=O) groups is 1. The molecular formula is C22H18F2N4O5S. The first-order chi connectivity index (χ1) is 16.2. The smallest absolute Gasteiger partial charge is 0.387 e. The Bertz CT molecular complexity index is 1520. The Morgan fingerprint density at radius 3 is 2.53 bits per heavy atom. The molecule has 176 valence electrons. The molecule has 0 fully saturated rings. The Kier molecular flexibility index (Phi) is 6.32. The van der Waals surface area contributed by atoms with Gasteiger partial charge in [-0.1, -0.05) is 24.3 Å². The van der Waals surface area contributed by atoms with Crippen LogP contribution in [0.25, 0.3) is 11.0 Å². The highest BCUT2D eigenvalue weighted by Crippen LogP contribution is 2.22. The molecule has 4 N–H and O–H groups in total. The van der Waals surface area contributed by atoms with Crippen molar-refractivity contribution in [3.8, 4) is 5.75 Å². The third kappa shape index (κ3) is 5.23.